The number of hydrogen-bond acceptors (Lipinski definition) is 5. The Bertz CT molecular complexity index is 944. The number of fused-ring (bicyclic) bond motifs is 1. The molecule has 0 amide bonds. The summed E-state index contributed by atoms with van der Waals surface area (Å²) in [7, 11) is 3.06. The number of aromatic nitrogens is 7. The van der Waals surface area contributed by atoms with E-state index in [4.69, 9.17) is 0 Å². The van der Waals surface area contributed by atoms with E-state index >= 15 is 0 Å². The van der Waals surface area contributed by atoms with Crippen molar-refractivity contribution in [1.82, 2.24) is 33.4 Å². The molecule has 0 N–H and O–H groups in total. The predicted molar refractivity (Wildman–Crippen MR) is 79.6 cm³/mol. The van der Waals surface area contributed by atoms with Crippen LogP contribution in [0.1, 0.15) is 19.2 Å². The fraction of sp³-hybridized carbons (Fsp3) is 0.462. The van der Waals surface area contributed by atoms with Gasteiger partial charge in [0.25, 0.3) is 5.56 Å². The molecule has 9 nitrogen and oxygen atoms in total. The normalized spacial score (nSPS) is 11.4. The van der Waals surface area contributed by atoms with Crippen molar-refractivity contribution in [3.63, 3.8) is 0 Å². The molecular formula is C13H17N7O2. The molecule has 0 fully saturated rings. The maximum absolute atomic E-state index is 12.4. The molecule has 0 aliphatic heterocycles. The number of rotatable bonds is 4. The minimum Gasteiger partial charge on any atom is -0.317 e. The van der Waals surface area contributed by atoms with Gasteiger partial charge in [-0.3, -0.25) is 13.9 Å². The Balaban J connectivity index is 2.15. The van der Waals surface area contributed by atoms with E-state index in [-0.39, 0.29) is 5.56 Å². The highest BCUT2D eigenvalue weighted by molar-refractivity contribution is 5.70. The molecule has 0 atom stereocenters. The van der Waals surface area contributed by atoms with Gasteiger partial charge in [-0.2, -0.15) is 5.10 Å². The standard InChI is InChI=1S/C13H17N7O2/c1-4-5-20-9(14-7-16-20)6-19-8-15-11-10(19)12(21)18(3)13(22)17(11)2/h7-8H,4-6H2,1-3H3. The zero-order valence-electron chi connectivity index (χ0n) is 12.7. The molecule has 0 unspecified atom stereocenters. The largest absolute Gasteiger partial charge is 0.332 e. The highest BCUT2D eigenvalue weighted by atomic mass is 16.2. The second kappa shape index (κ2) is 5.24. The Morgan fingerprint density at radius 3 is 2.64 bits per heavy atom. The van der Waals surface area contributed by atoms with Crippen molar-refractivity contribution in [3.05, 3.63) is 39.3 Å². The topological polar surface area (TPSA) is 92.5 Å². The minimum atomic E-state index is -0.392. The lowest BCUT2D eigenvalue weighted by atomic mass is 10.4. The molecule has 0 radical (unpaired) electrons. The summed E-state index contributed by atoms with van der Waals surface area (Å²) in [6.45, 7) is 3.20. The van der Waals surface area contributed by atoms with Crippen molar-refractivity contribution in [3.8, 4) is 0 Å². The van der Waals surface area contributed by atoms with Crippen molar-refractivity contribution in [2.24, 2.45) is 14.1 Å². The third-order valence-electron chi connectivity index (χ3n) is 3.66. The minimum absolute atomic E-state index is 0.364. The number of nitrogens with zero attached hydrogens (tertiary/aromatic N) is 7. The van der Waals surface area contributed by atoms with Crippen LogP contribution in [-0.4, -0.2) is 33.4 Å². The second-order valence-corrected chi connectivity index (χ2v) is 5.15. The Labute approximate surface area is 125 Å². The smallest absolute Gasteiger partial charge is 0.317 e. The van der Waals surface area contributed by atoms with Gasteiger partial charge in [-0.25, -0.2) is 19.4 Å². The summed E-state index contributed by atoms with van der Waals surface area (Å²) in [5, 5.41) is 4.17. The van der Waals surface area contributed by atoms with Crippen molar-refractivity contribution in [2.75, 3.05) is 0 Å². The molecule has 22 heavy (non-hydrogen) atoms. The fourth-order valence-electron chi connectivity index (χ4n) is 2.48. The van der Waals surface area contributed by atoms with Gasteiger partial charge in [0.15, 0.2) is 11.2 Å². The molecule has 3 aromatic rings. The van der Waals surface area contributed by atoms with Gasteiger partial charge in [0.1, 0.15) is 12.2 Å². The van der Waals surface area contributed by atoms with E-state index < -0.39 is 5.69 Å². The van der Waals surface area contributed by atoms with Gasteiger partial charge in [-0.05, 0) is 6.42 Å². The SMILES string of the molecule is CCCn1ncnc1Cn1cnc2c1c(=O)n(C)c(=O)n2C. The van der Waals surface area contributed by atoms with Crippen LogP contribution >= 0.6 is 0 Å². The lowest BCUT2D eigenvalue weighted by Gasteiger charge is -2.07. The zero-order valence-corrected chi connectivity index (χ0v) is 12.7. The lowest BCUT2D eigenvalue weighted by Crippen LogP contribution is -2.37. The Kier molecular flexibility index (Phi) is 3.39. The molecule has 3 aromatic heterocycles. The maximum Gasteiger partial charge on any atom is 0.332 e. The maximum atomic E-state index is 12.4. The Hall–Kier alpha value is -2.71. The van der Waals surface area contributed by atoms with Crippen LogP contribution in [0.2, 0.25) is 0 Å². The molecule has 0 aliphatic rings. The molecule has 0 bridgehead atoms. The highest BCUT2D eigenvalue weighted by Gasteiger charge is 2.15. The van der Waals surface area contributed by atoms with E-state index in [1.165, 1.54) is 17.9 Å². The molecule has 0 saturated heterocycles. The molecule has 3 heterocycles. The number of imidazole rings is 1. The molecule has 3 rings (SSSR count). The van der Waals surface area contributed by atoms with Gasteiger partial charge in [0.05, 0.1) is 12.9 Å². The van der Waals surface area contributed by atoms with Crippen LogP contribution in [0.3, 0.4) is 0 Å². The van der Waals surface area contributed by atoms with E-state index in [0.29, 0.717) is 17.7 Å². The van der Waals surface area contributed by atoms with Crippen molar-refractivity contribution >= 4 is 11.2 Å². The van der Waals surface area contributed by atoms with Crippen LogP contribution in [0.15, 0.2) is 22.2 Å². The van der Waals surface area contributed by atoms with Gasteiger partial charge < -0.3 is 4.57 Å². The average Bonchev–Trinajstić information content (AvgIpc) is 3.11. The highest BCUT2D eigenvalue weighted by Crippen LogP contribution is 2.08. The Morgan fingerprint density at radius 2 is 1.91 bits per heavy atom. The van der Waals surface area contributed by atoms with Gasteiger partial charge in [-0.1, -0.05) is 6.92 Å². The van der Waals surface area contributed by atoms with Gasteiger partial charge >= 0.3 is 5.69 Å². The lowest BCUT2D eigenvalue weighted by molar-refractivity contribution is 0.556. The summed E-state index contributed by atoms with van der Waals surface area (Å²) in [4.78, 5) is 32.7. The number of aryl methyl sites for hydroxylation is 2. The average molecular weight is 303 g/mol. The zero-order chi connectivity index (χ0) is 15.9. The molecule has 0 saturated carbocycles. The van der Waals surface area contributed by atoms with E-state index in [0.717, 1.165) is 23.4 Å². The van der Waals surface area contributed by atoms with E-state index in [1.54, 1.807) is 22.6 Å². The van der Waals surface area contributed by atoms with E-state index in [1.807, 2.05) is 0 Å². The van der Waals surface area contributed by atoms with Crippen molar-refractivity contribution < 1.29 is 0 Å². The summed E-state index contributed by atoms with van der Waals surface area (Å²) in [6.07, 6.45) is 3.99. The number of hydrogen-bond donors (Lipinski definition) is 0. The predicted octanol–water partition coefficient (Wildman–Crippen LogP) is -0.516. The molecule has 116 valence electrons. The van der Waals surface area contributed by atoms with Crippen LogP contribution < -0.4 is 11.2 Å². The second-order valence-electron chi connectivity index (χ2n) is 5.15. The van der Waals surface area contributed by atoms with Crippen molar-refractivity contribution in [2.45, 2.75) is 26.4 Å². The quantitative estimate of drug-likeness (QED) is 0.647. The monoisotopic (exact) mass is 303 g/mol. The van der Waals surface area contributed by atoms with Gasteiger partial charge in [-0.15, -0.1) is 0 Å². The third-order valence-corrected chi connectivity index (χ3v) is 3.66. The van der Waals surface area contributed by atoms with Crippen molar-refractivity contribution in [1.29, 1.82) is 0 Å². The Morgan fingerprint density at radius 1 is 1.14 bits per heavy atom. The van der Waals surface area contributed by atoms with Crippen LogP contribution in [-0.2, 0) is 27.2 Å². The summed E-state index contributed by atoms with van der Waals surface area (Å²) < 4.78 is 5.95. The van der Waals surface area contributed by atoms with Gasteiger partial charge in [0.2, 0.25) is 0 Å². The first-order valence-electron chi connectivity index (χ1n) is 7.02. The molecule has 0 aromatic carbocycles. The molecule has 0 spiro atoms. The van der Waals surface area contributed by atoms with E-state index in [9.17, 15) is 9.59 Å². The summed E-state index contributed by atoms with van der Waals surface area (Å²) in [5.41, 5.74) is -0.000591. The first-order valence-corrected chi connectivity index (χ1v) is 7.02. The van der Waals surface area contributed by atoms with Crippen LogP contribution in [0, 0.1) is 0 Å². The summed E-state index contributed by atoms with van der Waals surface area (Å²) in [6, 6.07) is 0. The molecular weight excluding hydrogens is 286 g/mol. The van der Waals surface area contributed by atoms with Gasteiger partial charge in [0, 0.05) is 20.6 Å². The first-order chi connectivity index (χ1) is 10.5. The van der Waals surface area contributed by atoms with Crippen LogP contribution in [0.4, 0.5) is 0 Å². The summed E-state index contributed by atoms with van der Waals surface area (Å²) in [5.74, 6) is 0.747. The molecule has 9 heteroatoms. The molecule has 0 aliphatic carbocycles. The van der Waals surface area contributed by atoms with E-state index in [2.05, 4.69) is 22.0 Å². The fourth-order valence-corrected chi connectivity index (χ4v) is 2.48. The summed E-state index contributed by atoms with van der Waals surface area (Å²) >= 11 is 0. The van der Waals surface area contributed by atoms with Crippen LogP contribution in [0.25, 0.3) is 11.2 Å². The first kappa shape index (κ1) is 14.2. The third kappa shape index (κ3) is 2.05. The van der Waals surface area contributed by atoms with Crippen LogP contribution in [0.5, 0.6) is 0 Å².